The van der Waals surface area contributed by atoms with Gasteiger partial charge in [-0.1, -0.05) is 50.2 Å². The number of benzene rings is 2. The van der Waals surface area contributed by atoms with Crippen molar-refractivity contribution < 1.29 is 19.1 Å². The van der Waals surface area contributed by atoms with Crippen LogP contribution in [0.5, 0.6) is 0 Å². The van der Waals surface area contributed by atoms with Crippen molar-refractivity contribution in [2.24, 2.45) is 11.8 Å². The summed E-state index contributed by atoms with van der Waals surface area (Å²) in [4.78, 5) is 23.8. The third-order valence-corrected chi connectivity index (χ3v) is 4.17. The molecule has 26 heavy (non-hydrogen) atoms. The van der Waals surface area contributed by atoms with Gasteiger partial charge in [-0.15, -0.1) is 0 Å². The highest BCUT2D eigenvalue weighted by Crippen LogP contribution is 2.16. The van der Waals surface area contributed by atoms with Crippen molar-refractivity contribution in [3.05, 3.63) is 71.8 Å². The lowest BCUT2D eigenvalue weighted by molar-refractivity contribution is 0.0409. The monoisotopic (exact) mass is 354 g/mol. The molecule has 0 spiro atoms. The molecule has 0 fully saturated rings. The van der Waals surface area contributed by atoms with E-state index in [9.17, 15) is 9.59 Å². The normalized spacial score (nSPS) is 12.8. The summed E-state index contributed by atoms with van der Waals surface area (Å²) in [7, 11) is 0. The molecule has 0 saturated heterocycles. The molecule has 2 atom stereocenters. The molecule has 0 aromatic heterocycles. The summed E-state index contributed by atoms with van der Waals surface area (Å²) < 4.78 is 10.7. The molecule has 0 aliphatic rings. The minimum atomic E-state index is -0.290. The Hall–Kier alpha value is -2.62. The van der Waals surface area contributed by atoms with Gasteiger partial charge in [0.15, 0.2) is 0 Å². The van der Waals surface area contributed by atoms with Crippen molar-refractivity contribution in [3.8, 4) is 0 Å². The van der Waals surface area contributed by atoms with E-state index in [0.29, 0.717) is 30.3 Å². The highest BCUT2D eigenvalue weighted by Gasteiger charge is 2.14. The molecule has 2 aromatic carbocycles. The van der Waals surface area contributed by atoms with E-state index in [-0.39, 0.29) is 17.9 Å². The van der Waals surface area contributed by atoms with Crippen molar-refractivity contribution in [1.82, 2.24) is 0 Å². The molecule has 0 bridgehead atoms. The SMILES string of the molecule is C[C@H](COC(=O)c1ccccc1)C[C@@H](C)CCOC(=O)c1ccccc1. The summed E-state index contributed by atoms with van der Waals surface area (Å²) in [5.74, 6) is 0.0519. The van der Waals surface area contributed by atoms with Gasteiger partial charge in [-0.25, -0.2) is 9.59 Å². The van der Waals surface area contributed by atoms with Gasteiger partial charge in [0.1, 0.15) is 0 Å². The van der Waals surface area contributed by atoms with E-state index in [2.05, 4.69) is 13.8 Å². The fourth-order valence-corrected chi connectivity index (χ4v) is 2.76. The molecule has 0 saturated carbocycles. The molecule has 0 heterocycles. The van der Waals surface area contributed by atoms with Gasteiger partial charge >= 0.3 is 11.9 Å². The Morgan fingerprint density at radius 2 is 1.27 bits per heavy atom. The lowest BCUT2D eigenvalue weighted by Crippen LogP contribution is -2.16. The number of ether oxygens (including phenoxy) is 2. The largest absolute Gasteiger partial charge is 0.462 e. The molecular weight excluding hydrogens is 328 g/mol. The second kappa shape index (κ2) is 10.4. The number of carbonyl (C=O) groups excluding carboxylic acids is 2. The van der Waals surface area contributed by atoms with Gasteiger partial charge in [-0.3, -0.25) is 0 Å². The van der Waals surface area contributed by atoms with Crippen LogP contribution in [0.3, 0.4) is 0 Å². The summed E-state index contributed by atoms with van der Waals surface area (Å²) in [5, 5.41) is 0. The van der Waals surface area contributed by atoms with E-state index in [0.717, 1.165) is 12.8 Å². The number of hydrogen-bond donors (Lipinski definition) is 0. The van der Waals surface area contributed by atoms with Crippen molar-refractivity contribution >= 4 is 11.9 Å². The Balaban J connectivity index is 1.63. The summed E-state index contributed by atoms with van der Waals surface area (Å²) in [6, 6.07) is 18.0. The number of hydrogen-bond acceptors (Lipinski definition) is 4. The van der Waals surface area contributed by atoms with Crippen LogP contribution in [-0.2, 0) is 9.47 Å². The summed E-state index contributed by atoms with van der Waals surface area (Å²) >= 11 is 0. The van der Waals surface area contributed by atoms with Gasteiger partial charge in [-0.05, 0) is 48.9 Å². The molecule has 2 aromatic rings. The standard InChI is InChI=1S/C22H26O4/c1-17(13-14-25-21(23)19-9-5-3-6-10-19)15-18(2)16-26-22(24)20-11-7-4-8-12-20/h3-12,17-18H,13-16H2,1-2H3/t17-,18-/m0/s1. The lowest BCUT2D eigenvalue weighted by atomic mass is 9.95. The van der Waals surface area contributed by atoms with Crippen LogP contribution in [-0.4, -0.2) is 25.2 Å². The first kappa shape index (κ1) is 19.7. The molecule has 0 aliphatic heterocycles. The van der Waals surface area contributed by atoms with Crippen LogP contribution in [0.1, 0.15) is 47.4 Å². The average molecular weight is 354 g/mol. The maximum absolute atomic E-state index is 11.9. The fourth-order valence-electron chi connectivity index (χ4n) is 2.76. The van der Waals surface area contributed by atoms with Crippen molar-refractivity contribution in [3.63, 3.8) is 0 Å². The van der Waals surface area contributed by atoms with Crippen LogP contribution in [0.25, 0.3) is 0 Å². The zero-order valence-electron chi connectivity index (χ0n) is 15.4. The zero-order valence-corrected chi connectivity index (χ0v) is 15.4. The second-order valence-corrected chi connectivity index (χ2v) is 6.70. The second-order valence-electron chi connectivity index (χ2n) is 6.70. The maximum Gasteiger partial charge on any atom is 0.338 e. The molecule has 0 radical (unpaired) electrons. The third kappa shape index (κ3) is 6.71. The number of rotatable bonds is 9. The lowest BCUT2D eigenvalue weighted by Gasteiger charge is -2.17. The Morgan fingerprint density at radius 3 is 1.81 bits per heavy atom. The Bertz CT molecular complexity index is 682. The van der Waals surface area contributed by atoms with Crippen molar-refractivity contribution in [2.45, 2.75) is 26.7 Å². The van der Waals surface area contributed by atoms with E-state index in [4.69, 9.17) is 9.47 Å². The van der Waals surface area contributed by atoms with Crippen molar-refractivity contribution in [2.75, 3.05) is 13.2 Å². The zero-order chi connectivity index (χ0) is 18.8. The van der Waals surface area contributed by atoms with Gasteiger partial charge in [-0.2, -0.15) is 0 Å². The van der Waals surface area contributed by atoms with Crippen LogP contribution in [0.2, 0.25) is 0 Å². The van der Waals surface area contributed by atoms with Crippen LogP contribution in [0, 0.1) is 11.8 Å². The topological polar surface area (TPSA) is 52.6 Å². The Kier molecular flexibility index (Phi) is 7.87. The maximum atomic E-state index is 11.9. The first-order valence-electron chi connectivity index (χ1n) is 9.00. The minimum absolute atomic E-state index is 0.252. The third-order valence-electron chi connectivity index (χ3n) is 4.17. The molecule has 0 N–H and O–H groups in total. The van der Waals surface area contributed by atoms with E-state index < -0.39 is 0 Å². The van der Waals surface area contributed by atoms with Crippen molar-refractivity contribution in [1.29, 1.82) is 0 Å². The summed E-state index contributed by atoms with van der Waals surface area (Å²) in [6.45, 7) is 4.96. The predicted molar refractivity (Wildman–Crippen MR) is 101 cm³/mol. The average Bonchev–Trinajstić information content (AvgIpc) is 2.67. The predicted octanol–water partition coefficient (Wildman–Crippen LogP) is 4.75. The summed E-state index contributed by atoms with van der Waals surface area (Å²) in [5.41, 5.74) is 1.14. The van der Waals surface area contributed by atoms with E-state index >= 15 is 0 Å². The molecule has 4 nitrogen and oxygen atoms in total. The molecular formula is C22H26O4. The highest BCUT2D eigenvalue weighted by molar-refractivity contribution is 5.89. The molecule has 2 rings (SSSR count). The molecule has 0 aliphatic carbocycles. The minimum Gasteiger partial charge on any atom is -0.462 e. The first-order chi connectivity index (χ1) is 12.6. The van der Waals surface area contributed by atoms with E-state index in [1.807, 2.05) is 36.4 Å². The Morgan fingerprint density at radius 1 is 0.769 bits per heavy atom. The van der Waals surface area contributed by atoms with Gasteiger partial charge < -0.3 is 9.47 Å². The Labute approximate surface area is 155 Å². The molecule has 4 heteroatoms. The number of carbonyl (C=O) groups is 2. The van der Waals surface area contributed by atoms with Gasteiger partial charge in [0.25, 0.3) is 0 Å². The highest BCUT2D eigenvalue weighted by atomic mass is 16.5. The van der Waals surface area contributed by atoms with Crippen LogP contribution in [0.15, 0.2) is 60.7 Å². The molecule has 0 unspecified atom stereocenters. The number of esters is 2. The van der Waals surface area contributed by atoms with Crippen LogP contribution in [0.4, 0.5) is 0 Å². The van der Waals surface area contributed by atoms with Crippen LogP contribution >= 0.6 is 0 Å². The van der Waals surface area contributed by atoms with Crippen LogP contribution < -0.4 is 0 Å². The molecule has 0 amide bonds. The molecule has 138 valence electrons. The smallest absolute Gasteiger partial charge is 0.338 e. The fraction of sp³-hybridized carbons (Fsp3) is 0.364. The van der Waals surface area contributed by atoms with Gasteiger partial charge in [0, 0.05) is 0 Å². The van der Waals surface area contributed by atoms with E-state index in [1.165, 1.54) is 0 Å². The quantitative estimate of drug-likeness (QED) is 0.610. The van der Waals surface area contributed by atoms with E-state index in [1.54, 1.807) is 24.3 Å². The summed E-state index contributed by atoms with van der Waals surface area (Å²) in [6.07, 6.45) is 1.69. The first-order valence-corrected chi connectivity index (χ1v) is 9.00. The van der Waals surface area contributed by atoms with Gasteiger partial charge in [0.2, 0.25) is 0 Å². The van der Waals surface area contributed by atoms with Gasteiger partial charge in [0.05, 0.1) is 24.3 Å².